The van der Waals surface area contributed by atoms with Crippen LogP contribution in [0.5, 0.6) is 5.75 Å². The summed E-state index contributed by atoms with van der Waals surface area (Å²) in [6.07, 6.45) is 9.83. The smallest absolute Gasteiger partial charge is 0.318 e. The van der Waals surface area contributed by atoms with E-state index in [1.807, 2.05) is 12.1 Å². The Labute approximate surface area is 208 Å². The molecule has 2 N–H and O–H groups in total. The van der Waals surface area contributed by atoms with Crippen LogP contribution in [0.3, 0.4) is 0 Å². The van der Waals surface area contributed by atoms with Gasteiger partial charge in [0.05, 0.1) is 0 Å². The average molecular weight is 507 g/mol. The molecule has 1 aromatic rings. The lowest BCUT2D eigenvalue weighted by molar-refractivity contribution is -0.134. The predicted molar refractivity (Wildman–Crippen MR) is 133 cm³/mol. The zero-order valence-corrected chi connectivity index (χ0v) is 21.2. The molecule has 2 bridgehead atoms. The van der Waals surface area contributed by atoms with E-state index in [4.69, 9.17) is 5.11 Å². The summed E-state index contributed by atoms with van der Waals surface area (Å²) >= 11 is 0. The summed E-state index contributed by atoms with van der Waals surface area (Å²) in [5.41, 5.74) is 1.18. The Morgan fingerprint density at radius 2 is 1.69 bits per heavy atom. The molecule has 0 radical (unpaired) electrons. The van der Waals surface area contributed by atoms with Crippen LogP contribution < -0.4 is 0 Å². The van der Waals surface area contributed by atoms with Crippen LogP contribution in [0.15, 0.2) is 24.3 Å². The van der Waals surface area contributed by atoms with Crippen LogP contribution in [-0.2, 0) is 19.4 Å². The van der Waals surface area contributed by atoms with E-state index in [0.29, 0.717) is 49.3 Å². The first-order valence-electron chi connectivity index (χ1n) is 12.9. The summed E-state index contributed by atoms with van der Waals surface area (Å²) in [5.74, 6) is -2.56. The van der Waals surface area contributed by atoms with Crippen LogP contribution >= 0.6 is 0 Å². The number of aliphatic carboxylic acids is 1. The Balaban J connectivity index is 1.39. The Bertz CT molecular complexity index is 993. The Hall–Kier alpha value is -2.13. The largest absolute Gasteiger partial charge is 0.508 e. The van der Waals surface area contributed by atoms with Gasteiger partial charge < -0.3 is 15.1 Å². The number of rotatable bonds is 10. The third-order valence-corrected chi connectivity index (χ3v) is 9.47. The van der Waals surface area contributed by atoms with Gasteiger partial charge in [0.2, 0.25) is 5.91 Å². The van der Waals surface area contributed by atoms with Gasteiger partial charge in [-0.3, -0.25) is 14.5 Å². The number of fused-ring (bicyclic) bond motifs is 2. The van der Waals surface area contributed by atoms with Gasteiger partial charge in [-0.1, -0.05) is 31.4 Å². The molecule has 2 atom stereocenters. The maximum absolute atomic E-state index is 13.0. The van der Waals surface area contributed by atoms with E-state index < -0.39 is 33.2 Å². The third-order valence-electron chi connectivity index (χ3n) is 8.10. The zero-order valence-electron chi connectivity index (χ0n) is 20.3. The molecule has 3 fully saturated rings. The highest BCUT2D eigenvalue weighted by atomic mass is 32.2. The fraction of sp³-hybridized carbons (Fsp3) is 0.692. The van der Waals surface area contributed by atoms with Gasteiger partial charge in [0.25, 0.3) is 0 Å². The quantitative estimate of drug-likeness (QED) is 0.501. The lowest BCUT2D eigenvalue weighted by atomic mass is 9.85. The molecule has 2 unspecified atom stereocenters. The number of carbonyl (C=O) groups is 2. The number of hydrogen-bond acceptors (Lipinski definition) is 6. The highest BCUT2D eigenvalue weighted by molar-refractivity contribution is 7.92. The monoisotopic (exact) mass is 506 g/mol. The summed E-state index contributed by atoms with van der Waals surface area (Å²) < 4.78 is 24.4. The molecular weight excluding hydrogens is 468 g/mol. The van der Waals surface area contributed by atoms with Gasteiger partial charge in [-0.15, -0.1) is 0 Å². The fourth-order valence-electron chi connectivity index (χ4n) is 6.44. The van der Waals surface area contributed by atoms with Crippen molar-refractivity contribution in [2.45, 2.75) is 75.8 Å². The molecule has 1 aliphatic carbocycles. The van der Waals surface area contributed by atoms with E-state index in [1.54, 1.807) is 11.0 Å². The van der Waals surface area contributed by atoms with Gasteiger partial charge in [-0.2, -0.15) is 0 Å². The van der Waals surface area contributed by atoms with E-state index >= 15 is 0 Å². The van der Waals surface area contributed by atoms with Gasteiger partial charge in [0.15, 0.2) is 9.84 Å². The molecule has 8 nitrogen and oxygen atoms in total. The second kappa shape index (κ2) is 11.3. The van der Waals surface area contributed by atoms with Gasteiger partial charge in [0.1, 0.15) is 17.3 Å². The van der Waals surface area contributed by atoms with Gasteiger partial charge in [0, 0.05) is 31.7 Å². The molecule has 1 aromatic carbocycles. The van der Waals surface area contributed by atoms with E-state index in [1.165, 1.54) is 12.0 Å². The number of carboxylic acids is 1. The number of carboxylic acid groups (broad SMARTS) is 1. The van der Waals surface area contributed by atoms with Crippen molar-refractivity contribution in [2.24, 2.45) is 5.92 Å². The Morgan fingerprint density at radius 3 is 2.31 bits per heavy atom. The summed E-state index contributed by atoms with van der Waals surface area (Å²) in [5, 5.41) is 18.8. The van der Waals surface area contributed by atoms with E-state index in [0.717, 1.165) is 51.4 Å². The summed E-state index contributed by atoms with van der Waals surface area (Å²) in [6.45, 7) is 1.73. The first-order chi connectivity index (χ1) is 16.7. The van der Waals surface area contributed by atoms with Crippen molar-refractivity contribution in [3.63, 3.8) is 0 Å². The van der Waals surface area contributed by atoms with Crippen molar-refractivity contribution in [3.8, 4) is 5.75 Å². The van der Waals surface area contributed by atoms with Crippen molar-refractivity contribution in [1.29, 1.82) is 0 Å². The number of phenolic OH excluding ortho intramolecular Hbond substituents is 1. The molecule has 2 saturated heterocycles. The predicted octanol–water partition coefficient (Wildman–Crippen LogP) is 3.01. The summed E-state index contributed by atoms with van der Waals surface area (Å²) in [7, 11) is -3.98. The molecule has 194 valence electrons. The molecular formula is C26H38N2O6S. The normalized spacial score (nSPS) is 25.4. The second-order valence-corrected chi connectivity index (χ2v) is 12.7. The molecule has 9 heteroatoms. The molecule has 3 aliphatic rings. The van der Waals surface area contributed by atoms with Crippen LogP contribution in [0.2, 0.25) is 0 Å². The van der Waals surface area contributed by atoms with E-state index in [-0.39, 0.29) is 0 Å². The van der Waals surface area contributed by atoms with Crippen LogP contribution in [0.1, 0.15) is 69.3 Å². The molecule has 0 spiro atoms. The molecule has 1 saturated carbocycles. The molecule has 2 heterocycles. The maximum atomic E-state index is 13.0. The lowest BCUT2D eigenvalue weighted by Crippen LogP contribution is -2.48. The first-order valence-corrected chi connectivity index (χ1v) is 14.8. The topological polar surface area (TPSA) is 115 Å². The number of piperidine rings is 1. The van der Waals surface area contributed by atoms with Crippen molar-refractivity contribution < 1.29 is 28.2 Å². The highest BCUT2D eigenvalue weighted by Crippen LogP contribution is 2.43. The van der Waals surface area contributed by atoms with Gasteiger partial charge >= 0.3 is 5.97 Å². The van der Waals surface area contributed by atoms with Crippen molar-refractivity contribution >= 4 is 21.7 Å². The number of carbonyl (C=O) groups excluding carboxylic acids is 1. The van der Waals surface area contributed by atoms with E-state index in [9.17, 15) is 23.1 Å². The molecule has 0 aromatic heterocycles. The number of hydrogen-bond donors (Lipinski definition) is 2. The number of nitrogens with zero attached hydrogens (tertiary/aromatic N) is 2. The Kier molecular flexibility index (Phi) is 8.37. The van der Waals surface area contributed by atoms with Gasteiger partial charge in [-0.05, 0) is 68.1 Å². The fourth-order valence-corrected chi connectivity index (χ4v) is 7.48. The first kappa shape index (κ1) is 25.9. The van der Waals surface area contributed by atoms with Crippen molar-refractivity contribution in [2.75, 3.05) is 31.1 Å². The zero-order chi connectivity index (χ0) is 25.0. The van der Waals surface area contributed by atoms with Crippen LogP contribution in [-0.4, -0.2) is 83.5 Å². The number of sulfone groups is 1. The maximum Gasteiger partial charge on any atom is 0.318 e. The molecule has 2 aliphatic heterocycles. The minimum Gasteiger partial charge on any atom is -0.508 e. The average Bonchev–Trinajstić information content (AvgIpc) is 3.02. The third kappa shape index (κ3) is 6.97. The minimum absolute atomic E-state index is 0.298. The number of aromatic hydroxyl groups is 1. The van der Waals surface area contributed by atoms with Gasteiger partial charge in [-0.25, -0.2) is 8.42 Å². The van der Waals surface area contributed by atoms with Crippen molar-refractivity contribution in [1.82, 2.24) is 9.80 Å². The number of amides is 1. The Morgan fingerprint density at radius 1 is 1.00 bits per heavy atom. The number of benzene rings is 1. The standard InChI is InChI=1S/C26H38N2O6S/c29-24-8-4-7-20(15-24)21-13-22-9-10-23(14-21)28(22)12-11-27(16-19-5-2-1-3-6-19)25(30)17-35(33,34)18-26(31)32/h4,7-8,15,19,21-23,29H,1-3,5-6,9-14,16-18H2,(H,31,32). The lowest BCUT2D eigenvalue weighted by Gasteiger charge is -2.40. The summed E-state index contributed by atoms with van der Waals surface area (Å²) in [4.78, 5) is 28.1. The summed E-state index contributed by atoms with van der Waals surface area (Å²) in [6, 6.07) is 8.38. The molecule has 1 amide bonds. The molecule has 35 heavy (non-hydrogen) atoms. The van der Waals surface area contributed by atoms with E-state index in [2.05, 4.69) is 11.0 Å². The SMILES string of the molecule is O=C(O)CS(=O)(=O)CC(=O)N(CCN1C2CCC1CC(c1cccc(O)c1)C2)CC1CCCCC1. The van der Waals surface area contributed by atoms with Crippen LogP contribution in [0, 0.1) is 5.92 Å². The number of phenols is 1. The van der Waals surface area contributed by atoms with Crippen molar-refractivity contribution in [3.05, 3.63) is 29.8 Å². The minimum atomic E-state index is -3.98. The second-order valence-electron chi connectivity index (χ2n) is 10.7. The highest BCUT2D eigenvalue weighted by Gasteiger charge is 2.41. The van der Waals surface area contributed by atoms with Crippen LogP contribution in [0.4, 0.5) is 0 Å². The molecule has 4 rings (SSSR count). The van der Waals surface area contributed by atoms with Crippen LogP contribution in [0.25, 0.3) is 0 Å².